The largest absolute Gasteiger partial charge is 0.303 e. The third-order valence-corrected chi connectivity index (χ3v) is 2.80. The Bertz CT molecular complexity index is 175. The number of ketones is 1. The van der Waals surface area contributed by atoms with Crippen LogP contribution >= 0.6 is 0 Å². The second-order valence-electron chi connectivity index (χ2n) is 4.14. The lowest BCUT2D eigenvalue weighted by Crippen LogP contribution is -2.11. The summed E-state index contributed by atoms with van der Waals surface area (Å²) in [5, 5.41) is 0. The third-order valence-electron chi connectivity index (χ3n) is 2.80. The van der Waals surface area contributed by atoms with Crippen molar-refractivity contribution in [2.24, 2.45) is 11.8 Å². The number of hydrogen-bond acceptors (Lipinski definition) is 2. The van der Waals surface area contributed by atoms with Crippen LogP contribution in [0.1, 0.15) is 52.9 Å². The number of rotatable bonds is 8. The molecule has 0 aliphatic carbocycles. The number of hydrogen-bond donors (Lipinski definition) is 0. The highest BCUT2D eigenvalue weighted by Crippen LogP contribution is 2.16. The van der Waals surface area contributed by atoms with E-state index in [1.54, 1.807) is 0 Å². The van der Waals surface area contributed by atoms with Gasteiger partial charge in [-0.2, -0.15) is 0 Å². The van der Waals surface area contributed by atoms with Crippen LogP contribution in [0.25, 0.3) is 0 Å². The second-order valence-corrected chi connectivity index (χ2v) is 4.14. The fraction of sp³-hybridized carbons (Fsp3) is 0.833. The Hall–Kier alpha value is -0.660. The Morgan fingerprint density at radius 2 is 1.86 bits per heavy atom. The van der Waals surface area contributed by atoms with Gasteiger partial charge in [0.1, 0.15) is 12.1 Å². The van der Waals surface area contributed by atoms with Crippen LogP contribution in [0.4, 0.5) is 0 Å². The highest BCUT2D eigenvalue weighted by Gasteiger charge is 2.13. The SMILES string of the molecule is CCC(C)CC(=O)CC(CC)CC=O. The molecule has 0 N–H and O–H groups in total. The molecule has 0 aromatic rings. The van der Waals surface area contributed by atoms with Crippen molar-refractivity contribution in [3.63, 3.8) is 0 Å². The summed E-state index contributed by atoms with van der Waals surface area (Å²) in [4.78, 5) is 21.9. The zero-order chi connectivity index (χ0) is 11.0. The van der Waals surface area contributed by atoms with Crippen LogP contribution in [-0.4, -0.2) is 12.1 Å². The molecule has 82 valence electrons. The summed E-state index contributed by atoms with van der Waals surface area (Å²) in [5.74, 6) is 1.06. The molecule has 0 bridgehead atoms. The van der Waals surface area contributed by atoms with Gasteiger partial charge in [-0.15, -0.1) is 0 Å². The lowest BCUT2D eigenvalue weighted by atomic mass is 9.92. The predicted molar refractivity (Wildman–Crippen MR) is 58.2 cm³/mol. The van der Waals surface area contributed by atoms with Crippen molar-refractivity contribution < 1.29 is 9.59 Å². The van der Waals surface area contributed by atoms with Crippen LogP contribution in [0.3, 0.4) is 0 Å². The summed E-state index contributed by atoms with van der Waals surface area (Å²) in [6, 6.07) is 0. The molecule has 0 rings (SSSR count). The molecule has 0 aliphatic heterocycles. The van der Waals surface area contributed by atoms with Gasteiger partial charge >= 0.3 is 0 Å². The molecule has 2 nitrogen and oxygen atoms in total. The monoisotopic (exact) mass is 198 g/mol. The van der Waals surface area contributed by atoms with Crippen molar-refractivity contribution >= 4 is 12.1 Å². The van der Waals surface area contributed by atoms with Crippen LogP contribution in [0, 0.1) is 11.8 Å². The lowest BCUT2D eigenvalue weighted by molar-refractivity contribution is -0.121. The zero-order valence-corrected chi connectivity index (χ0v) is 9.58. The Morgan fingerprint density at radius 3 is 2.29 bits per heavy atom. The lowest BCUT2D eigenvalue weighted by Gasteiger charge is -2.12. The van der Waals surface area contributed by atoms with Crippen molar-refractivity contribution in [1.82, 2.24) is 0 Å². The minimum absolute atomic E-state index is 0.268. The zero-order valence-electron chi connectivity index (χ0n) is 9.58. The minimum atomic E-state index is 0.268. The van der Waals surface area contributed by atoms with Gasteiger partial charge in [-0.25, -0.2) is 0 Å². The van der Waals surface area contributed by atoms with E-state index in [0.29, 0.717) is 31.0 Å². The van der Waals surface area contributed by atoms with E-state index in [9.17, 15) is 9.59 Å². The molecule has 0 radical (unpaired) electrons. The molecule has 14 heavy (non-hydrogen) atoms. The fourth-order valence-corrected chi connectivity index (χ4v) is 1.47. The summed E-state index contributed by atoms with van der Waals surface area (Å²) in [5.41, 5.74) is 0. The molecule has 0 aromatic carbocycles. The maximum Gasteiger partial charge on any atom is 0.133 e. The van der Waals surface area contributed by atoms with E-state index >= 15 is 0 Å². The Balaban J connectivity index is 3.83. The summed E-state index contributed by atoms with van der Waals surface area (Å²) >= 11 is 0. The van der Waals surface area contributed by atoms with Gasteiger partial charge in [-0.05, 0) is 11.8 Å². The van der Waals surface area contributed by atoms with Gasteiger partial charge in [0, 0.05) is 19.3 Å². The molecule has 0 fully saturated rings. The maximum absolute atomic E-state index is 11.5. The Labute approximate surface area is 87.1 Å². The van der Waals surface area contributed by atoms with Crippen LogP contribution in [0.5, 0.6) is 0 Å². The highest BCUT2D eigenvalue weighted by molar-refractivity contribution is 5.79. The third kappa shape index (κ3) is 5.90. The molecule has 0 amide bonds. The van der Waals surface area contributed by atoms with Crippen molar-refractivity contribution in [3.05, 3.63) is 0 Å². The average molecular weight is 198 g/mol. The van der Waals surface area contributed by atoms with Gasteiger partial charge in [0.15, 0.2) is 0 Å². The molecule has 0 aromatic heterocycles. The Kier molecular flexibility index (Phi) is 7.35. The van der Waals surface area contributed by atoms with E-state index in [1.165, 1.54) is 0 Å². The topological polar surface area (TPSA) is 34.1 Å². The van der Waals surface area contributed by atoms with E-state index in [0.717, 1.165) is 19.1 Å². The first-order valence-corrected chi connectivity index (χ1v) is 5.59. The molecule has 2 heteroatoms. The van der Waals surface area contributed by atoms with E-state index in [4.69, 9.17) is 0 Å². The second kappa shape index (κ2) is 7.72. The molecule has 0 spiro atoms. The quantitative estimate of drug-likeness (QED) is 0.562. The normalized spacial score (nSPS) is 14.8. The van der Waals surface area contributed by atoms with E-state index < -0.39 is 0 Å². The molecule has 0 saturated carbocycles. The molecule has 2 atom stereocenters. The van der Waals surface area contributed by atoms with E-state index in [2.05, 4.69) is 13.8 Å². The van der Waals surface area contributed by atoms with Gasteiger partial charge in [-0.3, -0.25) is 4.79 Å². The number of carbonyl (C=O) groups is 2. The smallest absolute Gasteiger partial charge is 0.133 e. The average Bonchev–Trinajstić information content (AvgIpc) is 2.16. The molecule has 2 unspecified atom stereocenters. The first kappa shape index (κ1) is 13.3. The van der Waals surface area contributed by atoms with E-state index in [-0.39, 0.29) is 5.92 Å². The van der Waals surface area contributed by atoms with Gasteiger partial charge < -0.3 is 4.79 Å². The first-order valence-electron chi connectivity index (χ1n) is 5.59. The summed E-state index contributed by atoms with van der Waals surface area (Å²) in [6.07, 6.45) is 4.68. The van der Waals surface area contributed by atoms with Crippen molar-refractivity contribution in [2.75, 3.05) is 0 Å². The molecular weight excluding hydrogens is 176 g/mol. The molecule has 0 saturated heterocycles. The fourth-order valence-electron chi connectivity index (χ4n) is 1.47. The van der Waals surface area contributed by atoms with Crippen molar-refractivity contribution in [3.8, 4) is 0 Å². The maximum atomic E-state index is 11.5. The van der Waals surface area contributed by atoms with Gasteiger partial charge in [0.05, 0.1) is 0 Å². The van der Waals surface area contributed by atoms with Gasteiger partial charge in [-0.1, -0.05) is 33.6 Å². The van der Waals surface area contributed by atoms with Crippen molar-refractivity contribution in [1.29, 1.82) is 0 Å². The minimum Gasteiger partial charge on any atom is -0.303 e. The molecule has 0 aliphatic rings. The Morgan fingerprint density at radius 1 is 1.21 bits per heavy atom. The number of Topliss-reactive ketones (excluding diaryl/α,β-unsaturated/α-hetero) is 1. The predicted octanol–water partition coefficient (Wildman–Crippen LogP) is 3.00. The van der Waals surface area contributed by atoms with E-state index in [1.807, 2.05) is 6.92 Å². The van der Waals surface area contributed by atoms with Gasteiger partial charge in [0.25, 0.3) is 0 Å². The number of carbonyl (C=O) groups excluding carboxylic acids is 2. The summed E-state index contributed by atoms with van der Waals surface area (Å²) in [6.45, 7) is 6.23. The van der Waals surface area contributed by atoms with Crippen LogP contribution in [0.15, 0.2) is 0 Å². The van der Waals surface area contributed by atoms with Crippen LogP contribution in [0.2, 0.25) is 0 Å². The highest BCUT2D eigenvalue weighted by atomic mass is 16.1. The first-order chi connectivity index (χ1) is 6.63. The molecular formula is C12H22O2. The summed E-state index contributed by atoms with van der Waals surface area (Å²) < 4.78 is 0. The van der Waals surface area contributed by atoms with Crippen molar-refractivity contribution in [2.45, 2.75) is 52.9 Å². The number of aldehydes is 1. The van der Waals surface area contributed by atoms with Gasteiger partial charge in [0.2, 0.25) is 0 Å². The van der Waals surface area contributed by atoms with Crippen LogP contribution in [-0.2, 0) is 9.59 Å². The summed E-state index contributed by atoms with van der Waals surface area (Å²) in [7, 11) is 0. The van der Waals surface area contributed by atoms with Crippen LogP contribution < -0.4 is 0 Å². The standard InChI is InChI=1S/C12H22O2/c1-4-10(3)8-12(14)9-11(5-2)6-7-13/h7,10-11H,4-6,8-9H2,1-3H3. The molecule has 0 heterocycles.